The predicted octanol–water partition coefficient (Wildman–Crippen LogP) is 3.28. The van der Waals surface area contributed by atoms with Crippen LogP contribution in [0, 0.1) is 6.92 Å². The van der Waals surface area contributed by atoms with Gasteiger partial charge < -0.3 is 0 Å². The van der Waals surface area contributed by atoms with Crippen LogP contribution in [-0.4, -0.2) is 4.98 Å². The quantitative estimate of drug-likeness (QED) is 0.682. The van der Waals surface area contributed by atoms with Crippen molar-refractivity contribution in [3.63, 3.8) is 0 Å². The molecule has 0 amide bonds. The lowest BCUT2D eigenvalue weighted by atomic mass is 9.82. The van der Waals surface area contributed by atoms with E-state index in [4.69, 9.17) is 0 Å². The molecule has 2 heteroatoms. The summed E-state index contributed by atoms with van der Waals surface area (Å²) in [5.74, 6) is 0.810. The van der Waals surface area contributed by atoms with Gasteiger partial charge in [-0.05, 0) is 26.2 Å². The van der Waals surface area contributed by atoms with Crippen molar-refractivity contribution in [2.45, 2.75) is 45.4 Å². The maximum Gasteiger partial charge on any atom is 0.0900 e. The highest BCUT2D eigenvalue weighted by molar-refractivity contribution is 7.11. The van der Waals surface area contributed by atoms with Crippen LogP contribution in [0.4, 0.5) is 0 Å². The Labute approximate surface area is 77.8 Å². The molecule has 0 atom stereocenters. The van der Waals surface area contributed by atoms with Gasteiger partial charge in [0, 0.05) is 10.8 Å². The number of hydrogen-bond donors (Lipinski definition) is 0. The second-order valence-corrected chi connectivity index (χ2v) is 4.81. The van der Waals surface area contributed by atoms with E-state index in [1.807, 2.05) is 11.3 Å². The summed E-state index contributed by atoms with van der Waals surface area (Å²) in [5.41, 5.74) is 1.42. The number of hydrogen-bond acceptors (Lipinski definition) is 2. The summed E-state index contributed by atoms with van der Waals surface area (Å²) in [6.07, 6.45) is 5.31. The predicted molar refractivity (Wildman–Crippen MR) is 52.8 cm³/mol. The number of nitrogens with zero attached hydrogens (tertiary/aromatic N) is 1. The van der Waals surface area contributed by atoms with Gasteiger partial charge in [-0.25, -0.2) is 4.98 Å². The van der Waals surface area contributed by atoms with Crippen molar-refractivity contribution in [2.75, 3.05) is 0 Å². The average Bonchev–Trinajstić information content (AvgIpc) is 2.27. The van der Waals surface area contributed by atoms with Crippen LogP contribution in [0.1, 0.15) is 47.7 Å². The molecule has 0 N–H and O–H groups in total. The monoisotopic (exact) mass is 181 g/mol. The Kier molecular flexibility index (Phi) is 2.18. The smallest absolute Gasteiger partial charge is 0.0900 e. The van der Waals surface area contributed by atoms with Gasteiger partial charge in [-0.15, -0.1) is 11.3 Å². The summed E-state index contributed by atoms with van der Waals surface area (Å²) in [4.78, 5) is 6.15. The molecule has 1 nitrogen and oxygen atoms in total. The van der Waals surface area contributed by atoms with E-state index in [0.717, 1.165) is 12.3 Å². The zero-order valence-corrected chi connectivity index (χ0v) is 8.58. The number of rotatable bonds is 2. The van der Waals surface area contributed by atoms with Gasteiger partial charge in [0.25, 0.3) is 0 Å². The van der Waals surface area contributed by atoms with Gasteiger partial charge in [-0.1, -0.05) is 13.3 Å². The fourth-order valence-electron chi connectivity index (χ4n) is 1.74. The highest BCUT2D eigenvalue weighted by atomic mass is 32.1. The van der Waals surface area contributed by atoms with Gasteiger partial charge in [0.2, 0.25) is 0 Å². The van der Waals surface area contributed by atoms with Crippen LogP contribution in [-0.2, 0) is 6.42 Å². The Morgan fingerprint density at radius 1 is 1.50 bits per heavy atom. The van der Waals surface area contributed by atoms with Crippen molar-refractivity contribution in [1.29, 1.82) is 0 Å². The topological polar surface area (TPSA) is 12.9 Å². The summed E-state index contributed by atoms with van der Waals surface area (Å²) in [6.45, 7) is 4.35. The Morgan fingerprint density at radius 2 is 2.25 bits per heavy atom. The van der Waals surface area contributed by atoms with Crippen LogP contribution in [0.5, 0.6) is 0 Å². The maximum atomic E-state index is 4.62. The maximum absolute atomic E-state index is 4.62. The van der Waals surface area contributed by atoms with Crippen LogP contribution in [0.15, 0.2) is 0 Å². The molecular formula is C10H15NS. The van der Waals surface area contributed by atoms with Crippen molar-refractivity contribution >= 4 is 11.3 Å². The van der Waals surface area contributed by atoms with Crippen LogP contribution in [0.2, 0.25) is 0 Å². The molecule has 0 bridgehead atoms. The van der Waals surface area contributed by atoms with E-state index in [1.54, 1.807) is 0 Å². The van der Waals surface area contributed by atoms with E-state index < -0.39 is 0 Å². The minimum absolute atomic E-state index is 0.810. The lowest BCUT2D eigenvalue weighted by Gasteiger charge is -2.24. The molecule has 1 fully saturated rings. The zero-order valence-electron chi connectivity index (χ0n) is 7.76. The summed E-state index contributed by atoms with van der Waals surface area (Å²) in [5, 5.41) is 1.24. The fourth-order valence-corrected chi connectivity index (χ4v) is 2.70. The van der Waals surface area contributed by atoms with Crippen molar-refractivity contribution in [2.24, 2.45) is 0 Å². The number of aryl methyl sites for hydroxylation is 2. The van der Waals surface area contributed by atoms with E-state index in [1.165, 1.54) is 34.8 Å². The number of aromatic nitrogens is 1. The third-order valence-electron chi connectivity index (χ3n) is 2.65. The molecule has 1 saturated carbocycles. The lowest BCUT2D eigenvalue weighted by molar-refractivity contribution is 0.410. The van der Waals surface area contributed by atoms with E-state index in [-0.39, 0.29) is 0 Å². The first-order valence-corrected chi connectivity index (χ1v) is 5.59. The van der Waals surface area contributed by atoms with Crippen LogP contribution in [0.25, 0.3) is 0 Å². The molecule has 0 radical (unpaired) electrons. The standard InChI is InChI=1S/C10H15NS/c1-3-9-10(8-5-4-6-8)11-7(2)12-9/h8H,3-6H2,1-2H3. The van der Waals surface area contributed by atoms with Crippen molar-refractivity contribution in [3.05, 3.63) is 15.6 Å². The lowest BCUT2D eigenvalue weighted by Crippen LogP contribution is -2.10. The first kappa shape index (κ1) is 8.24. The molecule has 1 aliphatic carbocycles. The third kappa shape index (κ3) is 1.28. The Balaban J connectivity index is 2.27. The second-order valence-electron chi connectivity index (χ2n) is 3.52. The van der Waals surface area contributed by atoms with Gasteiger partial charge in [-0.3, -0.25) is 0 Å². The van der Waals surface area contributed by atoms with E-state index in [9.17, 15) is 0 Å². The van der Waals surface area contributed by atoms with Crippen LogP contribution >= 0.6 is 11.3 Å². The van der Waals surface area contributed by atoms with Gasteiger partial charge in [-0.2, -0.15) is 0 Å². The molecule has 1 heterocycles. The summed E-state index contributed by atoms with van der Waals surface area (Å²) >= 11 is 1.88. The van der Waals surface area contributed by atoms with Crippen molar-refractivity contribution < 1.29 is 0 Å². The van der Waals surface area contributed by atoms with E-state index in [2.05, 4.69) is 18.8 Å². The molecule has 0 aromatic carbocycles. The molecule has 0 spiro atoms. The molecular weight excluding hydrogens is 166 g/mol. The molecule has 12 heavy (non-hydrogen) atoms. The minimum atomic E-state index is 0.810. The van der Waals surface area contributed by atoms with Crippen molar-refractivity contribution in [3.8, 4) is 0 Å². The molecule has 0 saturated heterocycles. The van der Waals surface area contributed by atoms with E-state index in [0.29, 0.717) is 0 Å². The summed E-state index contributed by atoms with van der Waals surface area (Å²) in [6, 6.07) is 0. The summed E-state index contributed by atoms with van der Waals surface area (Å²) < 4.78 is 0. The highest BCUT2D eigenvalue weighted by Gasteiger charge is 2.24. The largest absolute Gasteiger partial charge is 0.246 e. The van der Waals surface area contributed by atoms with Gasteiger partial charge in [0.15, 0.2) is 0 Å². The van der Waals surface area contributed by atoms with E-state index >= 15 is 0 Å². The average molecular weight is 181 g/mol. The van der Waals surface area contributed by atoms with Gasteiger partial charge in [0.1, 0.15) is 0 Å². The Morgan fingerprint density at radius 3 is 2.75 bits per heavy atom. The molecule has 0 aliphatic heterocycles. The zero-order chi connectivity index (χ0) is 8.55. The molecule has 1 aromatic rings. The molecule has 0 unspecified atom stereocenters. The van der Waals surface area contributed by atoms with Gasteiger partial charge >= 0.3 is 0 Å². The normalized spacial score (nSPS) is 17.8. The van der Waals surface area contributed by atoms with Gasteiger partial charge in [0.05, 0.1) is 10.7 Å². The minimum Gasteiger partial charge on any atom is -0.246 e. The van der Waals surface area contributed by atoms with Crippen molar-refractivity contribution in [1.82, 2.24) is 4.98 Å². The van der Waals surface area contributed by atoms with Crippen LogP contribution < -0.4 is 0 Å². The van der Waals surface area contributed by atoms with Crippen LogP contribution in [0.3, 0.4) is 0 Å². The molecule has 1 aliphatic rings. The fraction of sp³-hybridized carbons (Fsp3) is 0.700. The molecule has 1 aromatic heterocycles. The Hall–Kier alpha value is -0.370. The second kappa shape index (κ2) is 3.17. The first-order valence-electron chi connectivity index (χ1n) is 4.77. The highest BCUT2D eigenvalue weighted by Crippen LogP contribution is 2.39. The first-order chi connectivity index (χ1) is 5.81. The SMILES string of the molecule is CCc1sc(C)nc1C1CCC1. The molecule has 2 rings (SSSR count). The Bertz CT molecular complexity index is 273. The third-order valence-corrected chi connectivity index (χ3v) is 3.78. The molecule has 66 valence electrons. The summed E-state index contributed by atoms with van der Waals surface area (Å²) in [7, 11) is 0. The number of thiazole rings is 1.